The first-order valence-electron chi connectivity index (χ1n) is 8.79. The average Bonchev–Trinajstić information content (AvgIpc) is 2.73. The second-order valence-electron chi connectivity index (χ2n) is 6.52. The number of carbonyl (C=O) groups is 1. The lowest BCUT2D eigenvalue weighted by molar-refractivity contribution is 0.0958. The Morgan fingerprint density at radius 3 is 2.53 bits per heavy atom. The lowest BCUT2D eigenvalue weighted by Gasteiger charge is -2.16. The van der Waals surface area contributed by atoms with Crippen molar-refractivity contribution in [2.24, 2.45) is 0 Å². The molecular formula is C23H13F2NO4. The molecule has 1 aliphatic heterocycles. The third kappa shape index (κ3) is 3.25. The van der Waals surface area contributed by atoms with Crippen molar-refractivity contribution in [3.05, 3.63) is 76.0 Å². The lowest BCUT2D eigenvalue weighted by Crippen LogP contribution is -2.23. The van der Waals surface area contributed by atoms with E-state index in [9.17, 15) is 23.5 Å². The highest BCUT2D eigenvalue weighted by Crippen LogP contribution is 2.41. The zero-order valence-electron chi connectivity index (χ0n) is 15.3. The molecule has 0 atom stereocenters. The van der Waals surface area contributed by atoms with Crippen LogP contribution in [0.2, 0.25) is 0 Å². The van der Waals surface area contributed by atoms with Crippen molar-refractivity contribution in [2.75, 3.05) is 6.54 Å². The van der Waals surface area contributed by atoms with E-state index < -0.39 is 22.8 Å². The van der Waals surface area contributed by atoms with E-state index in [1.807, 2.05) is 0 Å². The first kappa shape index (κ1) is 19.2. The van der Waals surface area contributed by atoms with Gasteiger partial charge in [0.25, 0.3) is 5.91 Å². The molecule has 1 amide bonds. The predicted molar refractivity (Wildman–Crippen MR) is 107 cm³/mol. The molecule has 0 spiro atoms. The summed E-state index contributed by atoms with van der Waals surface area (Å²) in [6.45, 7) is 0.0790. The van der Waals surface area contributed by atoms with Crippen LogP contribution in [0.25, 0.3) is 33.4 Å². The molecule has 0 saturated heterocycles. The van der Waals surface area contributed by atoms with Crippen molar-refractivity contribution in [1.29, 1.82) is 0 Å². The molecule has 5 nitrogen and oxygen atoms in total. The number of amides is 1. The number of nitrogens with one attached hydrogen (secondary N) is 1. The van der Waals surface area contributed by atoms with Gasteiger partial charge < -0.3 is 14.8 Å². The summed E-state index contributed by atoms with van der Waals surface area (Å²) in [6.07, 6.45) is 5.13. The van der Waals surface area contributed by atoms with Crippen LogP contribution in [0.3, 0.4) is 0 Å². The summed E-state index contributed by atoms with van der Waals surface area (Å²) in [4.78, 5) is 23.8. The molecule has 0 saturated carbocycles. The van der Waals surface area contributed by atoms with Gasteiger partial charge in [-0.15, -0.1) is 6.42 Å². The Balaban J connectivity index is 1.97. The fourth-order valence-electron chi connectivity index (χ4n) is 3.23. The number of phenolic OH excluding ortho intramolecular Hbond substituents is 1. The van der Waals surface area contributed by atoms with Crippen LogP contribution < -0.4 is 10.7 Å². The maximum atomic E-state index is 14.1. The summed E-state index contributed by atoms with van der Waals surface area (Å²) in [5.41, 5.74) is 0.757. The Hall–Kier alpha value is -4.18. The average molecular weight is 405 g/mol. The van der Waals surface area contributed by atoms with Gasteiger partial charge in [0.2, 0.25) is 5.43 Å². The molecule has 1 aliphatic carbocycles. The number of halogens is 2. The van der Waals surface area contributed by atoms with Gasteiger partial charge in [-0.2, -0.15) is 0 Å². The van der Waals surface area contributed by atoms with Gasteiger partial charge in [0.05, 0.1) is 6.54 Å². The van der Waals surface area contributed by atoms with Crippen LogP contribution in [-0.2, 0) is 0 Å². The number of phenols is 1. The van der Waals surface area contributed by atoms with Crippen molar-refractivity contribution in [3.8, 4) is 40.5 Å². The first-order chi connectivity index (χ1) is 14.4. The second-order valence-corrected chi connectivity index (χ2v) is 6.52. The minimum atomic E-state index is -0.983. The topological polar surface area (TPSA) is 79.5 Å². The standard InChI is InChI=1S/C23H13F2NO4/c1-2-7-26-23(29)13-5-3-12(4-6-13)22-14-8-16(24)18(27)10-20(14)30-21-11-19(28)17(25)9-15(21)22/h1,3-6,8-11,27H,7H2,(H,26,29). The third-order valence-corrected chi connectivity index (χ3v) is 4.63. The number of benzene rings is 3. The summed E-state index contributed by atoms with van der Waals surface area (Å²) in [5, 5.41) is 12.5. The van der Waals surface area contributed by atoms with Gasteiger partial charge >= 0.3 is 0 Å². The van der Waals surface area contributed by atoms with Crippen molar-refractivity contribution >= 4 is 16.9 Å². The Morgan fingerprint density at radius 1 is 1.10 bits per heavy atom. The molecule has 4 rings (SSSR count). The van der Waals surface area contributed by atoms with E-state index in [0.29, 0.717) is 16.7 Å². The van der Waals surface area contributed by atoms with Crippen molar-refractivity contribution in [2.45, 2.75) is 0 Å². The van der Waals surface area contributed by atoms with Gasteiger partial charge in [0.1, 0.15) is 11.3 Å². The molecule has 0 radical (unpaired) electrons. The Labute approximate surface area is 168 Å². The summed E-state index contributed by atoms with van der Waals surface area (Å²) in [5.74, 6) is -0.476. The summed E-state index contributed by atoms with van der Waals surface area (Å²) >= 11 is 0. The molecule has 2 aromatic carbocycles. The maximum absolute atomic E-state index is 14.1. The van der Waals surface area contributed by atoms with Gasteiger partial charge in [-0.3, -0.25) is 9.59 Å². The van der Waals surface area contributed by atoms with Crippen LogP contribution in [0.4, 0.5) is 8.78 Å². The quantitative estimate of drug-likeness (QED) is 0.400. The fourth-order valence-corrected chi connectivity index (χ4v) is 3.23. The maximum Gasteiger partial charge on any atom is 0.252 e. The van der Waals surface area contributed by atoms with Gasteiger partial charge in [-0.1, -0.05) is 18.1 Å². The molecule has 0 bridgehead atoms. The molecular weight excluding hydrogens is 392 g/mol. The second kappa shape index (κ2) is 7.33. The number of hydrogen-bond donors (Lipinski definition) is 2. The SMILES string of the molecule is C#CCNC(=O)c1ccc(-c2c3cc(F)c(=O)cc-3oc3cc(O)c(F)cc23)cc1. The predicted octanol–water partition coefficient (Wildman–Crippen LogP) is 3.91. The van der Waals surface area contributed by atoms with Crippen molar-refractivity contribution < 1.29 is 23.1 Å². The van der Waals surface area contributed by atoms with Crippen LogP contribution in [-0.4, -0.2) is 17.6 Å². The molecule has 0 fully saturated rings. The number of hydrogen-bond acceptors (Lipinski definition) is 4. The summed E-state index contributed by atoms with van der Waals surface area (Å²) < 4.78 is 33.7. The molecule has 7 heteroatoms. The van der Waals surface area contributed by atoms with Crippen LogP contribution >= 0.6 is 0 Å². The van der Waals surface area contributed by atoms with E-state index in [4.69, 9.17) is 10.8 Å². The molecule has 148 valence electrons. The molecule has 2 N–H and O–H groups in total. The highest BCUT2D eigenvalue weighted by molar-refractivity contribution is 6.03. The Bertz CT molecular complexity index is 1370. The largest absolute Gasteiger partial charge is 0.505 e. The highest BCUT2D eigenvalue weighted by Gasteiger charge is 2.21. The van der Waals surface area contributed by atoms with E-state index >= 15 is 0 Å². The fraction of sp³-hybridized carbons (Fsp3) is 0.0435. The zero-order chi connectivity index (χ0) is 21.4. The smallest absolute Gasteiger partial charge is 0.252 e. The molecule has 0 unspecified atom stereocenters. The monoisotopic (exact) mass is 405 g/mol. The number of rotatable bonds is 3. The van der Waals surface area contributed by atoms with Crippen LogP contribution in [0, 0.1) is 24.0 Å². The lowest BCUT2D eigenvalue weighted by atomic mass is 9.93. The van der Waals surface area contributed by atoms with Crippen molar-refractivity contribution in [3.63, 3.8) is 0 Å². The molecule has 2 aliphatic rings. The van der Waals surface area contributed by atoms with E-state index in [1.165, 1.54) is 12.1 Å². The minimum Gasteiger partial charge on any atom is -0.505 e. The van der Waals surface area contributed by atoms with Gasteiger partial charge in [0.15, 0.2) is 17.4 Å². The molecule has 0 aromatic heterocycles. The number of fused-ring (bicyclic) bond motifs is 2. The molecule has 30 heavy (non-hydrogen) atoms. The van der Waals surface area contributed by atoms with E-state index in [-0.39, 0.29) is 34.7 Å². The van der Waals surface area contributed by atoms with E-state index in [0.717, 1.165) is 24.3 Å². The Morgan fingerprint density at radius 2 is 1.83 bits per heavy atom. The first-order valence-corrected chi connectivity index (χ1v) is 8.79. The van der Waals surface area contributed by atoms with Crippen LogP contribution in [0.15, 0.2) is 57.7 Å². The van der Waals surface area contributed by atoms with E-state index in [1.54, 1.807) is 12.1 Å². The van der Waals surface area contributed by atoms with Crippen molar-refractivity contribution in [1.82, 2.24) is 5.32 Å². The van der Waals surface area contributed by atoms with Crippen LogP contribution in [0.5, 0.6) is 5.75 Å². The highest BCUT2D eigenvalue weighted by atomic mass is 19.1. The number of carbonyl (C=O) groups excluding carboxylic acids is 1. The zero-order valence-corrected chi connectivity index (χ0v) is 15.3. The van der Waals surface area contributed by atoms with Gasteiger partial charge in [-0.25, -0.2) is 8.78 Å². The third-order valence-electron chi connectivity index (χ3n) is 4.63. The Kier molecular flexibility index (Phi) is 4.68. The summed E-state index contributed by atoms with van der Waals surface area (Å²) in [6, 6.07) is 10.5. The summed E-state index contributed by atoms with van der Waals surface area (Å²) in [7, 11) is 0. The number of aromatic hydroxyl groups is 1. The van der Waals surface area contributed by atoms with Gasteiger partial charge in [-0.05, 0) is 29.8 Å². The van der Waals surface area contributed by atoms with Gasteiger partial charge in [0, 0.05) is 34.2 Å². The van der Waals surface area contributed by atoms with Crippen LogP contribution in [0.1, 0.15) is 10.4 Å². The normalized spacial score (nSPS) is 10.8. The molecule has 2 aromatic rings. The number of terminal acetylenes is 1. The minimum absolute atomic E-state index is 0.0748. The van der Waals surface area contributed by atoms with E-state index in [2.05, 4.69) is 11.2 Å². The molecule has 1 heterocycles.